The second-order valence-electron chi connectivity index (χ2n) is 4.33. The number of rotatable bonds is 4. The predicted molar refractivity (Wildman–Crippen MR) is 59.8 cm³/mol. The molecule has 1 saturated heterocycles. The molecule has 14 heavy (non-hydrogen) atoms. The Balaban J connectivity index is 2.66. The van der Waals surface area contributed by atoms with Gasteiger partial charge in [0, 0.05) is 5.57 Å². The van der Waals surface area contributed by atoms with Crippen LogP contribution in [0.15, 0.2) is 23.8 Å². The average Bonchev–Trinajstić information content (AvgIpc) is 2.12. The van der Waals surface area contributed by atoms with E-state index in [0.29, 0.717) is 12.5 Å². The zero-order chi connectivity index (χ0) is 10.8. The van der Waals surface area contributed by atoms with E-state index in [2.05, 4.69) is 33.4 Å². The molecule has 2 nitrogen and oxygen atoms in total. The SMILES string of the molecule is C=C(/C=C1/COC1(N)CCC)C(C)C. The summed E-state index contributed by atoms with van der Waals surface area (Å²) in [4.78, 5) is 0. The van der Waals surface area contributed by atoms with Crippen molar-refractivity contribution in [1.29, 1.82) is 0 Å². The maximum Gasteiger partial charge on any atom is 0.141 e. The number of nitrogens with two attached hydrogens (primary N) is 1. The van der Waals surface area contributed by atoms with Gasteiger partial charge in [-0.15, -0.1) is 0 Å². The number of hydrogen-bond acceptors (Lipinski definition) is 2. The third kappa shape index (κ3) is 2.25. The van der Waals surface area contributed by atoms with Crippen LogP contribution in [0.3, 0.4) is 0 Å². The predicted octanol–water partition coefficient (Wildman–Crippen LogP) is 2.61. The summed E-state index contributed by atoms with van der Waals surface area (Å²) in [6, 6.07) is 0. The van der Waals surface area contributed by atoms with Crippen molar-refractivity contribution in [2.75, 3.05) is 6.61 Å². The molecule has 0 amide bonds. The molecule has 0 aliphatic carbocycles. The second kappa shape index (κ2) is 4.28. The first kappa shape index (κ1) is 11.5. The smallest absolute Gasteiger partial charge is 0.141 e. The van der Waals surface area contributed by atoms with E-state index in [1.807, 2.05) is 0 Å². The molecular weight excluding hydrogens is 174 g/mol. The van der Waals surface area contributed by atoms with Gasteiger partial charge in [-0.1, -0.05) is 45.4 Å². The van der Waals surface area contributed by atoms with Crippen molar-refractivity contribution in [2.24, 2.45) is 11.7 Å². The third-order valence-electron chi connectivity index (χ3n) is 2.75. The number of hydrogen-bond donors (Lipinski definition) is 1. The van der Waals surface area contributed by atoms with Gasteiger partial charge in [0.25, 0.3) is 0 Å². The minimum absolute atomic E-state index is 0.481. The Kier molecular flexibility index (Phi) is 3.51. The van der Waals surface area contributed by atoms with Gasteiger partial charge in [0.2, 0.25) is 0 Å². The zero-order valence-electron chi connectivity index (χ0n) is 9.47. The molecule has 0 aromatic carbocycles. The molecule has 0 bridgehead atoms. The summed E-state index contributed by atoms with van der Waals surface area (Å²) in [5.74, 6) is 0.481. The van der Waals surface area contributed by atoms with Crippen LogP contribution in [0.1, 0.15) is 33.6 Å². The molecule has 1 heterocycles. The van der Waals surface area contributed by atoms with Crippen LogP contribution in [0.5, 0.6) is 0 Å². The van der Waals surface area contributed by atoms with E-state index in [9.17, 15) is 0 Å². The van der Waals surface area contributed by atoms with Crippen LogP contribution in [-0.2, 0) is 4.74 Å². The second-order valence-corrected chi connectivity index (χ2v) is 4.33. The summed E-state index contributed by atoms with van der Waals surface area (Å²) in [6.45, 7) is 11.1. The van der Waals surface area contributed by atoms with Crippen molar-refractivity contribution >= 4 is 0 Å². The summed E-state index contributed by atoms with van der Waals surface area (Å²) in [7, 11) is 0. The molecule has 0 radical (unpaired) electrons. The summed E-state index contributed by atoms with van der Waals surface area (Å²) in [5.41, 5.74) is 7.91. The highest BCUT2D eigenvalue weighted by Crippen LogP contribution is 2.33. The van der Waals surface area contributed by atoms with Crippen molar-refractivity contribution in [1.82, 2.24) is 0 Å². The fraction of sp³-hybridized carbons (Fsp3) is 0.667. The fourth-order valence-corrected chi connectivity index (χ4v) is 1.50. The van der Waals surface area contributed by atoms with Gasteiger partial charge >= 0.3 is 0 Å². The molecule has 0 spiro atoms. The first-order valence-electron chi connectivity index (χ1n) is 5.32. The van der Waals surface area contributed by atoms with Gasteiger partial charge in [0.05, 0.1) is 6.61 Å². The van der Waals surface area contributed by atoms with Gasteiger partial charge in [0.1, 0.15) is 5.72 Å². The van der Waals surface area contributed by atoms with E-state index < -0.39 is 5.72 Å². The lowest BCUT2D eigenvalue weighted by molar-refractivity contribution is -0.0833. The molecule has 1 unspecified atom stereocenters. The fourth-order valence-electron chi connectivity index (χ4n) is 1.50. The van der Waals surface area contributed by atoms with Gasteiger partial charge in [-0.3, -0.25) is 5.73 Å². The number of ether oxygens (including phenoxy) is 1. The van der Waals surface area contributed by atoms with E-state index in [-0.39, 0.29) is 0 Å². The van der Waals surface area contributed by atoms with Crippen LogP contribution in [0.2, 0.25) is 0 Å². The van der Waals surface area contributed by atoms with E-state index >= 15 is 0 Å². The van der Waals surface area contributed by atoms with Crippen LogP contribution in [-0.4, -0.2) is 12.3 Å². The Labute approximate surface area is 86.8 Å². The molecular formula is C12H21NO. The first-order chi connectivity index (χ1) is 6.49. The Morgan fingerprint density at radius 3 is 2.71 bits per heavy atom. The molecule has 0 saturated carbocycles. The van der Waals surface area contributed by atoms with Crippen LogP contribution < -0.4 is 5.73 Å². The Morgan fingerprint density at radius 1 is 1.71 bits per heavy atom. The molecule has 1 aliphatic heterocycles. The third-order valence-corrected chi connectivity index (χ3v) is 2.75. The van der Waals surface area contributed by atoms with E-state index in [1.165, 1.54) is 5.57 Å². The van der Waals surface area contributed by atoms with Crippen LogP contribution >= 0.6 is 0 Å². The highest BCUT2D eigenvalue weighted by atomic mass is 16.5. The Bertz CT molecular complexity index is 255. The topological polar surface area (TPSA) is 35.2 Å². The van der Waals surface area contributed by atoms with Crippen molar-refractivity contribution in [3.63, 3.8) is 0 Å². The highest BCUT2D eigenvalue weighted by molar-refractivity contribution is 5.31. The summed E-state index contributed by atoms with van der Waals surface area (Å²) in [6.07, 6.45) is 4.04. The van der Waals surface area contributed by atoms with Gasteiger partial charge in [-0.2, -0.15) is 0 Å². The molecule has 2 heteroatoms. The van der Waals surface area contributed by atoms with E-state index in [1.54, 1.807) is 0 Å². The first-order valence-corrected chi connectivity index (χ1v) is 5.32. The minimum atomic E-state index is -0.493. The van der Waals surface area contributed by atoms with Crippen molar-refractivity contribution in [2.45, 2.75) is 39.3 Å². The van der Waals surface area contributed by atoms with Gasteiger partial charge in [-0.25, -0.2) is 0 Å². The highest BCUT2D eigenvalue weighted by Gasteiger charge is 2.38. The Morgan fingerprint density at radius 2 is 2.36 bits per heavy atom. The lowest BCUT2D eigenvalue weighted by Gasteiger charge is -2.41. The molecule has 1 fully saturated rings. The van der Waals surface area contributed by atoms with Crippen molar-refractivity contribution < 1.29 is 4.74 Å². The van der Waals surface area contributed by atoms with E-state index in [4.69, 9.17) is 10.5 Å². The molecule has 1 aliphatic rings. The molecule has 0 aromatic heterocycles. The summed E-state index contributed by atoms with van der Waals surface area (Å²) in [5, 5.41) is 0. The standard InChI is InChI=1S/C12H21NO/c1-5-6-12(13)11(8-14-12)7-10(4)9(2)3/h7,9H,4-6,8,13H2,1-3H3/b11-7-. The van der Waals surface area contributed by atoms with Gasteiger partial charge in [0.15, 0.2) is 0 Å². The van der Waals surface area contributed by atoms with Crippen LogP contribution in [0.4, 0.5) is 0 Å². The largest absolute Gasteiger partial charge is 0.352 e. The molecule has 2 N–H and O–H groups in total. The quantitative estimate of drug-likeness (QED) is 0.748. The number of allylic oxidation sites excluding steroid dienone is 2. The van der Waals surface area contributed by atoms with Gasteiger partial charge in [-0.05, 0) is 12.3 Å². The minimum Gasteiger partial charge on any atom is -0.352 e. The zero-order valence-corrected chi connectivity index (χ0v) is 9.47. The maximum absolute atomic E-state index is 6.07. The maximum atomic E-state index is 6.07. The van der Waals surface area contributed by atoms with Crippen LogP contribution in [0, 0.1) is 5.92 Å². The lowest BCUT2D eigenvalue weighted by Crippen LogP contribution is -2.54. The molecule has 1 rings (SSSR count). The molecule has 80 valence electrons. The normalized spacial score (nSPS) is 29.4. The monoisotopic (exact) mass is 195 g/mol. The summed E-state index contributed by atoms with van der Waals surface area (Å²) >= 11 is 0. The van der Waals surface area contributed by atoms with E-state index in [0.717, 1.165) is 18.4 Å². The Hall–Kier alpha value is -0.600. The van der Waals surface area contributed by atoms with Crippen molar-refractivity contribution in [3.05, 3.63) is 23.8 Å². The van der Waals surface area contributed by atoms with Crippen molar-refractivity contribution in [3.8, 4) is 0 Å². The van der Waals surface area contributed by atoms with Crippen LogP contribution in [0.25, 0.3) is 0 Å². The van der Waals surface area contributed by atoms with Gasteiger partial charge < -0.3 is 4.74 Å². The molecule has 1 atom stereocenters. The average molecular weight is 195 g/mol. The summed E-state index contributed by atoms with van der Waals surface area (Å²) < 4.78 is 5.42. The lowest BCUT2D eigenvalue weighted by atomic mass is 9.90. The molecule has 0 aromatic rings.